The minimum Gasteiger partial charge on any atom is -0.492 e. The van der Waals surface area contributed by atoms with Crippen molar-refractivity contribution >= 4 is 58.9 Å². The number of anilines is 2. The van der Waals surface area contributed by atoms with Crippen molar-refractivity contribution in [3.8, 4) is 5.75 Å². The second kappa shape index (κ2) is 53.3. The fourth-order valence-corrected chi connectivity index (χ4v) is 15.8. The van der Waals surface area contributed by atoms with Crippen molar-refractivity contribution < 1.29 is 44.4 Å². The molecule has 0 atom stereocenters. The van der Waals surface area contributed by atoms with Gasteiger partial charge < -0.3 is 30.9 Å². The van der Waals surface area contributed by atoms with Crippen molar-refractivity contribution in [1.82, 2.24) is 24.9 Å². The number of Topliss-reactive ketones (excluding diaryl/α,β-unsaturated/α-hetero) is 1. The van der Waals surface area contributed by atoms with Gasteiger partial charge in [0.05, 0.1) is 22.6 Å². The highest BCUT2D eigenvalue weighted by Crippen LogP contribution is 2.33. The minimum absolute atomic E-state index is 0.0338. The fourth-order valence-electron chi connectivity index (χ4n) is 13.9. The molecule has 2 heterocycles. The van der Waals surface area contributed by atoms with E-state index in [9.17, 15) is 39.6 Å². The van der Waals surface area contributed by atoms with E-state index in [1.54, 1.807) is 31.2 Å². The topological polar surface area (TPSA) is 264 Å². The molecule has 22 heteroatoms. The number of amides is 2. The third-order valence-corrected chi connectivity index (χ3v) is 24.7. The standard InChI is InChI=1S/C16H26N2.C15H24N2.C14H23NO.C13H18O.C12H17NO.C12H18O2S.C11H17NO2S.C11H15NO.C10H15NO2S/c1-16(2,3)15-7-5-6-14(12-15)13-18-10-8-17(4)9-11-18;1-15(2,3)14-6-4-5-13(11-14)12-17-9-7-16-8-10-17;1-14(2,3)12-7-6-8-13(11-12)16-10-9-15(4)5;1-10(14)8-11-6-5-7-12(9-11)13(2,3)4;1-9(14)13-11-7-5-10(6-8-11)12(2,3)4;1-12(2,3)11-7-5-6-10(8-11)9-15(4,13)14;1-11(2,3)9-7-5-6-8-10(9)12-15(4,13)14;1-11(2,3)9-6-4-5-8(7-9)10(12)13;1-10(2,3)8-5-4-6-9(7-8)14(11,12)13/h5-7,12H,8-11,13H2,1-4H3;4-6,11,16H,7-10,12H2,1-3H3;6-8,11H,9-10H2,1-5H3;5-7,9H,8H2,1-4H3;5-8H,1-4H3,(H,13,14);5-8H,9H2,1-4H3;5-8,12H,1-4H3;4-7H,1-3H3,(H2,12,13);4-7H,1-3H3,(H2,11,12,13). The summed E-state index contributed by atoms with van der Waals surface area (Å²) in [6, 6.07) is 72.1. The molecular formula is C114H173N9O10S3. The van der Waals surface area contributed by atoms with Gasteiger partial charge in [0.15, 0.2) is 9.84 Å². The molecule has 0 saturated carbocycles. The molecule has 0 bridgehead atoms. The predicted molar refractivity (Wildman–Crippen MR) is 577 cm³/mol. The molecule has 11 rings (SSSR count). The number of ketones is 1. The molecule has 0 aromatic heterocycles. The Bertz CT molecular complexity index is 5540. The van der Waals surface area contributed by atoms with Gasteiger partial charge in [0.1, 0.15) is 18.1 Å². The van der Waals surface area contributed by atoms with Crippen molar-refractivity contribution in [3.05, 3.63) is 296 Å². The van der Waals surface area contributed by atoms with Crippen LogP contribution in [0.15, 0.2) is 223 Å². The average Bonchev–Trinajstić information content (AvgIpc) is 0.819. The lowest BCUT2D eigenvalue weighted by atomic mass is 9.86. The van der Waals surface area contributed by atoms with E-state index in [0.29, 0.717) is 17.7 Å². The van der Waals surface area contributed by atoms with Crippen LogP contribution in [0.1, 0.15) is 283 Å². The van der Waals surface area contributed by atoms with Gasteiger partial charge in [0, 0.05) is 103 Å². The molecule has 2 aliphatic rings. The molecule has 2 aliphatic heterocycles. The van der Waals surface area contributed by atoms with Gasteiger partial charge in [0.2, 0.25) is 31.9 Å². The van der Waals surface area contributed by atoms with Gasteiger partial charge in [-0.25, -0.2) is 30.4 Å². The average molecular weight is 1930 g/mol. The van der Waals surface area contributed by atoms with Crippen LogP contribution in [-0.4, -0.2) is 162 Å². The van der Waals surface area contributed by atoms with Crippen LogP contribution in [-0.2, 0) is 113 Å². The van der Waals surface area contributed by atoms with Crippen LogP contribution in [0.25, 0.3) is 0 Å². The zero-order valence-electron chi connectivity index (χ0n) is 89.4. The quantitative estimate of drug-likeness (QED) is 0.0567. The number of piperazine rings is 2. The van der Waals surface area contributed by atoms with E-state index in [0.717, 1.165) is 84.8 Å². The van der Waals surface area contributed by atoms with E-state index in [1.165, 1.54) is 103 Å². The Morgan fingerprint density at radius 2 is 0.779 bits per heavy atom. The Balaban J connectivity index is 0.000000395. The van der Waals surface area contributed by atoms with Crippen molar-refractivity contribution in [2.45, 2.75) is 280 Å². The van der Waals surface area contributed by atoms with E-state index in [-0.39, 0.29) is 77.0 Å². The fraction of sp³-hybridized carbons (Fsp3) is 0.500. The van der Waals surface area contributed by atoms with Gasteiger partial charge in [-0.15, -0.1) is 0 Å². The van der Waals surface area contributed by atoms with E-state index >= 15 is 0 Å². The summed E-state index contributed by atoms with van der Waals surface area (Å²) < 4.78 is 75.1. The van der Waals surface area contributed by atoms with Crippen molar-refractivity contribution in [2.24, 2.45) is 10.9 Å². The normalized spacial score (nSPS) is 13.7. The third kappa shape index (κ3) is 49.9. The van der Waals surface area contributed by atoms with Crippen LogP contribution in [0.2, 0.25) is 0 Å². The SMILES string of the molecule is CC(=O)Cc1cccc(C(C)(C)C)c1.CC(=O)Nc1ccc(C(C)(C)C)cc1.CC(C)(C)c1cccc(C(N)=O)c1.CC(C)(C)c1cccc(CN2CCNCC2)c1.CC(C)(C)c1cccc(CS(C)(=O)=O)c1.CC(C)(C)c1cccc(S(N)(=O)=O)c1.CC(C)(C)c1ccccc1NS(C)(=O)=O.CN(C)CCOc1cccc(C(C)(C)C)c1.CN1CCN(Cc2cccc(C(C)(C)C)c2)CC1. The molecule has 9 aromatic carbocycles. The van der Waals surface area contributed by atoms with E-state index in [1.807, 2.05) is 130 Å². The molecule has 9 aromatic rings. The number of primary sulfonamides is 1. The minimum atomic E-state index is -3.59. The lowest BCUT2D eigenvalue weighted by molar-refractivity contribution is -0.116. The van der Waals surface area contributed by atoms with Crippen LogP contribution < -0.4 is 31.0 Å². The van der Waals surface area contributed by atoms with Crippen LogP contribution in [0, 0.1) is 0 Å². The molecule has 2 fully saturated rings. The number of sulfonamides is 2. The number of hydrogen-bond donors (Lipinski definition) is 5. The molecule has 2 saturated heterocycles. The van der Waals surface area contributed by atoms with Gasteiger partial charge in [-0.05, 0) is 204 Å². The number of carbonyl (C=O) groups excluding carboxylic acids is 3. The second-order valence-corrected chi connectivity index (χ2v) is 50.9. The molecule has 2 amide bonds. The number of nitrogens with zero attached hydrogens (tertiary/aromatic N) is 4. The van der Waals surface area contributed by atoms with Gasteiger partial charge in [0.25, 0.3) is 0 Å². The number of benzene rings is 9. The first kappa shape index (κ1) is 121. The van der Waals surface area contributed by atoms with Crippen LogP contribution >= 0.6 is 0 Å². The summed E-state index contributed by atoms with van der Waals surface area (Å²) in [6.45, 7) is 74.6. The number of hydrogen-bond acceptors (Lipinski definition) is 15. The second-order valence-electron chi connectivity index (χ2n) is 45.5. The molecule has 0 spiro atoms. The number of rotatable bonds is 17. The van der Waals surface area contributed by atoms with Gasteiger partial charge in [-0.2, -0.15) is 0 Å². The van der Waals surface area contributed by atoms with E-state index in [2.05, 4.69) is 301 Å². The number of nitrogens with two attached hydrogens (primary N) is 2. The number of nitrogens with one attached hydrogen (secondary N) is 3. The van der Waals surface area contributed by atoms with Gasteiger partial charge in [-0.1, -0.05) is 351 Å². The lowest BCUT2D eigenvalue weighted by Crippen LogP contribution is -2.43. The Morgan fingerprint density at radius 1 is 0.412 bits per heavy atom. The summed E-state index contributed by atoms with van der Waals surface area (Å²) in [4.78, 5) is 42.4. The van der Waals surface area contributed by atoms with E-state index in [4.69, 9.17) is 15.6 Å². The van der Waals surface area contributed by atoms with Gasteiger partial charge in [-0.3, -0.25) is 28.9 Å². The van der Waals surface area contributed by atoms with Crippen molar-refractivity contribution in [3.63, 3.8) is 0 Å². The highest BCUT2D eigenvalue weighted by Gasteiger charge is 2.25. The summed E-state index contributed by atoms with van der Waals surface area (Å²) in [5.41, 5.74) is 24.1. The Labute approximate surface area is 824 Å². The first-order chi connectivity index (χ1) is 62.2. The van der Waals surface area contributed by atoms with Crippen LogP contribution in [0.4, 0.5) is 11.4 Å². The van der Waals surface area contributed by atoms with Crippen LogP contribution in [0.5, 0.6) is 5.75 Å². The van der Waals surface area contributed by atoms with Crippen molar-refractivity contribution in [1.29, 1.82) is 0 Å². The first-order valence-corrected chi connectivity index (χ1v) is 53.0. The summed E-state index contributed by atoms with van der Waals surface area (Å²) in [5, 5.41) is 11.2. The summed E-state index contributed by atoms with van der Waals surface area (Å²) in [5.74, 6) is 0.904. The summed E-state index contributed by atoms with van der Waals surface area (Å²) in [7, 11) is -3.43. The number of ether oxygens (including phenoxy) is 1. The zero-order chi connectivity index (χ0) is 104. The Morgan fingerprint density at radius 3 is 1.17 bits per heavy atom. The first-order valence-electron chi connectivity index (χ1n) is 47.5. The summed E-state index contributed by atoms with van der Waals surface area (Å²) in [6.07, 6.45) is 2.97. The maximum Gasteiger partial charge on any atom is 0.248 e. The lowest BCUT2D eigenvalue weighted by Gasteiger charge is -2.32. The predicted octanol–water partition coefficient (Wildman–Crippen LogP) is 22.7. The smallest absolute Gasteiger partial charge is 0.248 e. The molecule has 0 unspecified atom stereocenters. The van der Waals surface area contributed by atoms with Crippen molar-refractivity contribution in [2.75, 3.05) is 109 Å². The zero-order valence-corrected chi connectivity index (χ0v) is 91.9. The highest BCUT2D eigenvalue weighted by atomic mass is 32.2. The molecule has 0 radical (unpaired) electrons. The molecule has 752 valence electrons. The molecule has 19 nitrogen and oxygen atoms in total. The molecule has 0 aliphatic carbocycles. The number of carbonyl (C=O) groups is 3. The number of likely N-dealkylation sites (N-methyl/N-ethyl adjacent to an activating group) is 2. The molecule has 136 heavy (non-hydrogen) atoms. The Kier molecular flexibility index (Phi) is 47.4. The number of para-hydroxylation sites is 1. The summed E-state index contributed by atoms with van der Waals surface area (Å²) >= 11 is 0. The van der Waals surface area contributed by atoms with Crippen LogP contribution in [0.3, 0.4) is 0 Å². The monoisotopic (exact) mass is 1920 g/mol. The maximum absolute atomic E-state index is 11.2. The maximum atomic E-state index is 11.2. The van der Waals surface area contributed by atoms with E-state index < -0.39 is 29.9 Å². The number of sulfone groups is 1. The molecule has 7 N–H and O–H groups in total. The molecular weight excluding hydrogens is 1750 g/mol. The highest BCUT2D eigenvalue weighted by molar-refractivity contribution is 7.92. The Hall–Kier alpha value is -9.20. The number of primary amides is 1. The largest absolute Gasteiger partial charge is 0.492 e. The third-order valence-electron chi connectivity index (χ3n) is 22.3. The van der Waals surface area contributed by atoms with Gasteiger partial charge >= 0.3 is 0 Å².